The second kappa shape index (κ2) is 8.26. The summed E-state index contributed by atoms with van der Waals surface area (Å²) < 4.78 is 16.7. The van der Waals surface area contributed by atoms with E-state index in [9.17, 15) is 14.9 Å². The lowest BCUT2D eigenvalue weighted by atomic mass is 10.1. The SMILES string of the molecule is O=C(N/N=C\c1ccc(-c2cc([N+](=O)[O-])ccc2Cl)o1)[C@@H]1COc2ccccc2O1. The first kappa shape index (κ1) is 19.5. The topological polar surface area (TPSA) is 116 Å². The van der Waals surface area contributed by atoms with Gasteiger partial charge in [0, 0.05) is 17.7 Å². The van der Waals surface area contributed by atoms with Gasteiger partial charge in [0.05, 0.1) is 16.2 Å². The van der Waals surface area contributed by atoms with Crippen molar-refractivity contribution in [2.75, 3.05) is 6.61 Å². The number of non-ortho nitro benzene ring substituents is 1. The Balaban J connectivity index is 1.40. The van der Waals surface area contributed by atoms with E-state index in [-0.39, 0.29) is 12.3 Å². The summed E-state index contributed by atoms with van der Waals surface area (Å²) in [6, 6.07) is 14.3. The van der Waals surface area contributed by atoms with Crippen LogP contribution < -0.4 is 14.9 Å². The van der Waals surface area contributed by atoms with Crippen molar-refractivity contribution in [2.45, 2.75) is 6.10 Å². The molecule has 0 radical (unpaired) electrons. The zero-order valence-electron chi connectivity index (χ0n) is 15.3. The number of amides is 1. The molecule has 3 aromatic rings. The molecule has 2 heterocycles. The van der Waals surface area contributed by atoms with Crippen molar-refractivity contribution < 1.29 is 23.6 Å². The minimum Gasteiger partial charge on any atom is -0.485 e. The van der Waals surface area contributed by atoms with E-state index >= 15 is 0 Å². The number of furan rings is 1. The van der Waals surface area contributed by atoms with E-state index in [0.29, 0.717) is 33.6 Å². The molecule has 1 aliphatic heterocycles. The molecule has 0 aliphatic carbocycles. The van der Waals surface area contributed by atoms with Gasteiger partial charge < -0.3 is 13.9 Å². The maximum absolute atomic E-state index is 12.2. The Morgan fingerprint density at radius 1 is 1.20 bits per heavy atom. The van der Waals surface area contributed by atoms with Crippen LogP contribution in [0.5, 0.6) is 11.5 Å². The molecule has 0 fully saturated rings. The smallest absolute Gasteiger partial charge is 0.284 e. The maximum atomic E-state index is 12.2. The molecule has 30 heavy (non-hydrogen) atoms. The Morgan fingerprint density at radius 3 is 2.80 bits per heavy atom. The van der Waals surface area contributed by atoms with Gasteiger partial charge >= 0.3 is 0 Å². The number of carbonyl (C=O) groups excluding carboxylic acids is 1. The number of nitro benzene ring substituents is 1. The van der Waals surface area contributed by atoms with Crippen LogP contribution in [-0.4, -0.2) is 29.8 Å². The average Bonchev–Trinajstić information content (AvgIpc) is 3.22. The van der Waals surface area contributed by atoms with Crippen LogP contribution in [0.4, 0.5) is 5.69 Å². The lowest BCUT2D eigenvalue weighted by Crippen LogP contribution is -2.42. The molecule has 4 rings (SSSR count). The van der Waals surface area contributed by atoms with E-state index in [1.165, 1.54) is 24.4 Å². The van der Waals surface area contributed by atoms with Gasteiger partial charge in [0.2, 0.25) is 6.10 Å². The van der Waals surface area contributed by atoms with Crippen molar-refractivity contribution in [3.8, 4) is 22.8 Å². The number of nitro groups is 1. The zero-order chi connectivity index (χ0) is 21.1. The van der Waals surface area contributed by atoms with Crippen molar-refractivity contribution in [2.24, 2.45) is 5.10 Å². The Hall–Kier alpha value is -3.85. The molecule has 1 amide bonds. The second-order valence-electron chi connectivity index (χ2n) is 6.22. The van der Waals surface area contributed by atoms with Gasteiger partial charge in [-0.15, -0.1) is 0 Å². The minimum atomic E-state index is -0.840. The second-order valence-corrected chi connectivity index (χ2v) is 6.63. The summed E-state index contributed by atoms with van der Waals surface area (Å²) >= 11 is 6.11. The molecule has 10 heteroatoms. The van der Waals surface area contributed by atoms with Crippen molar-refractivity contribution in [1.82, 2.24) is 5.43 Å². The highest BCUT2D eigenvalue weighted by molar-refractivity contribution is 6.33. The van der Waals surface area contributed by atoms with Crippen LogP contribution in [0.1, 0.15) is 5.76 Å². The highest BCUT2D eigenvalue weighted by Gasteiger charge is 2.27. The van der Waals surface area contributed by atoms with E-state index in [0.717, 1.165) is 0 Å². The fraction of sp³-hybridized carbons (Fsp3) is 0.100. The van der Waals surface area contributed by atoms with Gasteiger partial charge in [-0.2, -0.15) is 5.10 Å². The van der Waals surface area contributed by atoms with Gasteiger partial charge in [0.25, 0.3) is 11.6 Å². The van der Waals surface area contributed by atoms with E-state index in [1.807, 2.05) is 6.07 Å². The monoisotopic (exact) mass is 427 g/mol. The standard InChI is InChI=1S/C20H14ClN3O6/c21-15-7-5-12(24(26)27)9-14(15)16-8-6-13(29-16)10-22-23-20(25)19-11-28-17-3-1-2-4-18(17)30-19/h1-10,19H,11H2,(H,23,25)/b22-10-/t19-/m0/s1. The van der Waals surface area contributed by atoms with Crippen LogP contribution in [0.15, 0.2) is 64.1 Å². The van der Waals surface area contributed by atoms with Crippen LogP contribution >= 0.6 is 11.6 Å². The first-order valence-electron chi connectivity index (χ1n) is 8.77. The molecule has 0 unspecified atom stereocenters. The summed E-state index contributed by atoms with van der Waals surface area (Å²) in [5.41, 5.74) is 2.64. The highest BCUT2D eigenvalue weighted by atomic mass is 35.5. The minimum absolute atomic E-state index is 0.0640. The number of halogens is 1. The van der Waals surface area contributed by atoms with Gasteiger partial charge in [-0.3, -0.25) is 14.9 Å². The molecule has 1 N–H and O–H groups in total. The van der Waals surface area contributed by atoms with Crippen molar-refractivity contribution in [1.29, 1.82) is 0 Å². The summed E-state index contributed by atoms with van der Waals surface area (Å²) in [7, 11) is 0. The van der Waals surface area contributed by atoms with Gasteiger partial charge in [-0.1, -0.05) is 23.7 Å². The Kier molecular flexibility index (Phi) is 5.36. The molecular weight excluding hydrogens is 414 g/mol. The third kappa shape index (κ3) is 4.11. The molecule has 1 aliphatic rings. The molecule has 1 atom stereocenters. The van der Waals surface area contributed by atoms with E-state index in [4.69, 9.17) is 25.5 Å². The first-order chi connectivity index (χ1) is 14.5. The first-order valence-corrected chi connectivity index (χ1v) is 9.14. The largest absolute Gasteiger partial charge is 0.485 e. The van der Waals surface area contributed by atoms with Gasteiger partial charge in [-0.05, 0) is 30.3 Å². The number of nitrogens with one attached hydrogen (secondary N) is 1. The number of ether oxygens (including phenoxy) is 2. The molecule has 152 valence electrons. The maximum Gasteiger partial charge on any atom is 0.284 e. The van der Waals surface area contributed by atoms with E-state index in [1.54, 1.807) is 30.3 Å². The van der Waals surface area contributed by atoms with Crippen molar-refractivity contribution in [3.05, 3.63) is 75.5 Å². The number of hydrogen-bond donors (Lipinski definition) is 1. The highest BCUT2D eigenvalue weighted by Crippen LogP contribution is 2.32. The van der Waals surface area contributed by atoms with Gasteiger partial charge in [-0.25, -0.2) is 5.43 Å². The average molecular weight is 428 g/mol. The Bertz CT molecular complexity index is 1140. The fourth-order valence-electron chi connectivity index (χ4n) is 2.76. The number of fused-ring (bicyclic) bond motifs is 1. The lowest BCUT2D eigenvalue weighted by molar-refractivity contribution is -0.384. The summed E-state index contributed by atoms with van der Waals surface area (Å²) in [6.07, 6.45) is 0.456. The normalized spacial score (nSPS) is 15.2. The number of hydrogen-bond acceptors (Lipinski definition) is 7. The number of benzene rings is 2. The molecule has 0 spiro atoms. The Morgan fingerprint density at radius 2 is 2.00 bits per heavy atom. The van der Waals surface area contributed by atoms with Crippen LogP contribution in [0, 0.1) is 10.1 Å². The zero-order valence-corrected chi connectivity index (χ0v) is 16.0. The third-order valence-corrected chi connectivity index (χ3v) is 4.55. The summed E-state index contributed by atoms with van der Waals surface area (Å²) in [6.45, 7) is 0.0640. The van der Waals surface area contributed by atoms with Crippen LogP contribution in [0.25, 0.3) is 11.3 Å². The van der Waals surface area contributed by atoms with Gasteiger partial charge in [0.1, 0.15) is 18.1 Å². The molecule has 1 aromatic heterocycles. The number of para-hydroxylation sites is 2. The van der Waals surface area contributed by atoms with Crippen LogP contribution in [0.3, 0.4) is 0 Å². The fourth-order valence-corrected chi connectivity index (χ4v) is 2.97. The molecule has 2 aromatic carbocycles. The predicted molar refractivity (Wildman–Crippen MR) is 108 cm³/mol. The third-order valence-electron chi connectivity index (χ3n) is 4.22. The van der Waals surface area contributed by atoms with E-state index < -0.39 is 16.9 Å². The molecule has 0 bridgehead atoms. The van der Waals surface area contributed by atoms with Crippen LogP contribution in [-0.2, 0) is 4.79 Å². The van der Waals surface area contributed by atoms with Crippen molar-refractivity contribution in [3.63, 3.8) is 0 Å². The van der Waals surface area contributed by atoms with Gasteiger partial charge in [0.15, 0.2) is 11.5 Å². The lowest BCUT2D eigenvalue weighted by Gasteiger charge is -2.24. The number of nitrogens with zero attached hydrogens (tertiary/aromatic N) is 2. The summed E-state index contributed by atoms with van der Waals surface area (Å²) in [5.74, 6) is 1.23. The summed E-state index contributed by atoms with van der Waals surface area (Å²) in [5, 5.41) is 15.1. The molecule has 9 nitrogen and oxygen atoms in total. The molecular formula is C20H14ClN3O6. The number of rotatable bonds is 5. The van der Waals surface area contributed by atoms with Crippen LogP contribution in [0.2, 0.25) is 5.02 Å². The van der Waals surface area contributed by atoms with E-state index in [2.05, 4.69) is 10.5 Å². The predicted octanol–water partition coefficient (Wildman–Crippen LogP) is 3.80. The van der Waals surface area contributed by atoms with Crippen molar-refractivity contribution >= 4 is 29.4 Å². The quantitative estimate of drug-likeness (QED) is 0.376. The number of hydrazone groups is 1. The summed E-state index contributed by atoms with van der Waals surface area (Å²) in [4.78, 5) is 22.7. The Labute approximate surface area is 175 Å². The molecule has 0 saturated heterocycles. The number of carbonyl (C=O) groups is 1. The molecule has 0 saturated carbocycles.